The molecule has 2 rings (SSSR count). The Kier molecular flexibility index (Phi) is 9.98. The third-order valence-corrected chi connectivity index (χ3v) is 5.80. The summed E-state index contributed by atoms with van der Waals surface area (Å²) in [5.41, 5.74) is 1.82. The van der Waals surface area contributed by atoms with Crippen LogP contribution in [0.4, 0.5) is 0 Å². The lowest BCUT2D eigenvalue weighted by molar-refractivity contribution is 0.0939. The number of benzene rings is 1. The minimum absolute atomic E-state index is 0.0144. The van der Waals surface area contributed by atoms with E-state index in [1.807, 2.05) is 31.2 Å². The molecule has 1 heterocycles. The fourth-order valence-electron chi connectivity index (χ4n) is 3.72. The van der Waals surface area contributed by atoms with Crippen molar-refractivity contribution in [3.8, 4) is 0 Å². The second kappa shape index (κ2) is 12.5. The molecule has 6 heteroatoms. The third kappa shape index (κ3) is 7.69. The Morgan fingerprint density at radius 3 is 2.62 bits per heavy atom. The van der Waals surface area contributed by atoms with Crippen molar-refractivity contribution < 1.29 is 4.79 Å². The van der Waals surface area contributed by atoms with E-state index in [0.29, 0.717) is 12.1 Å². The van der Waals surface area contributed by atoms with Crippen molar-refractivity contribution in [2.45, 2.75) is 71.5 Å². The number of hydrogen-bond acceptors (Lipinski definition) is 3. The number of hydrogen-bond donors (Lipinski definition) is 3. The molecule has 0 radical (unpaired) electrons. The molecule has 1 saturated heterocycles. The Bertz CT molecular complexity index is 643. The maximum absolute atomic E-state index is 12.2. The van der Waals surface area contributed by atoms with Crippen LogP contribution in [0.5, 0.6) is 0 Å². The lowest BCUT2D eigenvalue weighted by Crippen LogP contribution is -2.45. The molecule has 0 aliphatic carbocycles. The van der Waals surface area contributed by atoms with Crippen LogP contribution in [0.3, 0.4) is 0 Å². The van der Waals surface area contributed by atoms with Crippen molar-refractivity contribution in [3.05, 3.63) is 35.4 Å². The molecular weight excluding hydrogens is 362 g/mol. The van der Waals surface area contributed by atoms with E-state index in [1.165, 1.54) is 32.2 Å². The molecule has 29 heavy (non-hydrogen) atoms. The second-order valence-electron chi connectivity index (χ2n) is 7.93. The molecule has 6 nitrogen and oxygen atoms in total. The van der Waals surface area contributed by atoms with Gasteiger partial charge in [-0.05, 0) is 56.8 Å². The van der Waals surface area contributed by atoms with Crippen molar-refractivity contribution in [2.75, 3.05) is 26.7 Å². The van der Waals surface area contributed by atoms with E-state index in [4.69, 9.17) is 0 Å². The van der Waals surface area contributed by atoms with Crippen LogP contribution in [0.2, 0.25) is 0 Å². The van der Waals surface area contributed by atoms with Gasteiger partial charge in [-0.25, -0.2) is 0 Å². The predicted molar refractivity (Wildman–Crippen MR) is 121 cm³/mol. The van der Waals surface area contributed by atoms with Crippen LogP contribution in [0.15, 0.2) is 29.3 Å². The number of piperidine rings is 1. The first-order chi connectivity index (χ1) is 14.1. The summed E-state index contributed by atoms with van der Waals surface area (Å²) < 4.78 is 0. The zero-order valence-corrected chi connectivity index (χ0v) is 18.6. The first-order valence-electron chi connectivity index (χ1n) is 11.2. The summed E-state index contributed by atoms with van der Waals surface area (Å²) in [7, 11) is 1.80. The maximum atomic E-state index is 12.2. The van der Waals surface area contributed by atoms with E-state index in [2.05, 4.69) is 39.7 Å². The second-order valence-corrected chi connectivity index (χ2v) is 7.93. The fourth-order valence-corrected chi connectivity index (χ4v) is 3.72. The molecule has 2 unspecified atom stereocenters. The molecule has 0 aromatic heterocycles. The van der Waals surface area contributed by atoms with Crippen LogP contribution >= 0.6 is 0 Å². The highest BCUT2D eigenvalue weighted by molar-refractivity contribution is 5.94. The molecule has 1 fully saturated rings. The van der Waals surface area contributed by atoms with Crippen LogP contribution in [-0.2, 0) is 6.54 Å². The summed E-state index contributed by atoms with van der Waals surface area (Å²) in [5.74, 6) is 0.799. The summed E-state index contributed by atoms with van der Waals surface area (Å²) in [6.45, 7) is 10.2. The van der Waals surface area contributed by atoms with Gasteiger partial charge in [-0.3, -0.25) is 14.7 Å². The molecule has 0 saturated carbocycles. The first-order valence-corrected chi connectivity index (χ1v) is 11.2. The van der Waals surface area contributed by atoms with E-state index in [0.717, 1.165) is 37.1 Å². The van der Waals surface area contributed by atoms with Crippen LogP contribution in [-0.4, -0.2) is 55.5 Å². The SMILES string of the molecule is CCC(C)NC(=O)c1ccc(CNC(=NC)NCCN2CCCCC2CC)cc1. The van der Waals surface area contributed by atoms with E-state index >= 15 is 0 Å². The summed E-state index contributed by atoms with van der Waals surface area (Å²) in [6, 6.07) is 8.67. The molecule has 1 aliphatic heterocycles. The van der Waals surface area contributed by atoms with Crippen molar-refractivity contribution in [2.24, 2.45) is 4.99 Å². The highest BCUT2D eigenvalue weighted by atomic mass is 16.1. The molecule has 0 bridgehead atoms. The van der Waals surface area contributed by atoms with Gasteiger partial charge in [0.1, 0.15) is 0 Å². The lowest BCUT2D eigenvalue weighted by atomic mass is 10.0. The Hall–Kier alpha value is -2.08. The predicted octanol–water partition coefficient (Wildman–Crippen LogP) is 3.14. The average molecular weight is 402 g/mol. The molecule has 162 valence electrons. The van der Waals surface area contributed by atoms with E-state index in [1.54, 1.807) is 7.05 Å². The number of carbonyl (C=O) groups is 1. The standard InChI is InChI=1S/C23H39N5O/c1-5-18(3)27-22(29)20-12-10-19(11-13-20)17-26-23(24-4)25-14-16-28-15-8-7-9-21(28)6-2/h10-13,18,21H,5-9,14-17H2,1-4H3,(H,27,29)(H2,24,25,26). The molecule has 1 amide bonds. The van der Waals surface area contributed by atoms with Gasteiger partial charge in [0, 0.05) is 44.3 Å². The fraction of sp³-hybridized carbons (Fsp3) is 0.652. The summed E-state index contributed by atoms with van der Waals surface area (Å²) >= 11 is 0. The zero-order valence-electron chi connectivity index (χ0n) is 18.6. The normalized spacial score (nSPS) is 18.9. The number of likely N-dealkylation sites (tertiary alicyclic amines) is 1. The van der Waals surface area contributed by atoms with Gasteiger partial charge in [0.25, 0.3) is 5.91 Å². The smallest absolute Gasteiger partial charge is 0.251 e. The molecule has 0 spiro atoms. The monoisotopic (exact) mass is 401 g/mol. The quantitative estimate of drug-likeness (QED) is 0.439. The number of amides is 1. The van der Waals surface area contributed by atoms with E-state index in [9.17, 15) is 4.79 Å². The van der Waals surface area contributed by atoms with Crippen molar-refractivity contribution in [1.29, 1.82) is 0 Å². The highest BCUT2D eigenvalue weighted by Gasteiger charge is 2.19. The zero-order chi connectivity index (χ0) is 21.1. The Morgan fingerprint density at radius 1 is 1.21 bits per heavy atom. The van der Waals surface area contributed by atoms with Crippen molar-refractivity contribution >= 4 is 11.9 Å². The summed E-state index contributed by atoms with van der Waals surface area (Å²) in [5, 5.41) is 9.78. The Morgan fingerprint density at radius 2 is 1.97 bits per heavy atom. The van der Waals surface area contributed by atoms with Gasteiger partial charge in [0.15, 0.2) is 5.96 Å². The molecule has 1 aromatic rings. The number of carbonyl (C=O) groups excluding carboxylic acids is 1. The van der Waals surface area contributed by atoms with Crippen LogP contribution in [0.25, 0.3) is 0 Å². The largest absolute Gasteiger partial charge is 0.355 e. The van der Waals surface area contributed by atoms with Gasteiger partial charge >= 0.3 is 0 Å². The van der Waals surface area contributed by atoms with Crippen molar-refractivity contribution in [1.82, 2.24) is 20.9 Å². The third-order valence-electron chi connectivity index (χ3n) is 5.80. The topological polar surface area (TPSA) is 68.8 Å². The number of nitrogens with zero attached hydrogens (tertiary/aromatic N) is 2. The number of rotatable bonds is 9. The van der Waals surface area contributed by atoms with Gasteiger partial charge in [-0.1, -0.05) is 32.4 Å². The Balaban J connectivity index is 1.75. The van der Waals surface area contributed by atoms with Gasteiger partial charge in [0.05, 0.1) is 0 Å². The molecule has 2 atom stereocenters. The molecule has 3 N–H and O–H groups in total. The average Bonchev–Trinajstić information content (AvgIpc) is 2.76. The minimum Gasteiger partial charge on any atom is -0.355 e. The molecule has 1 aliphatic rings. The molecule has 1 aromatic carbocycles. The first kappa shape index (κ1) is 23.2. The van der Waals surface area contributed by atoms with Gasteiger partial charge in [-0.15, -0.1) is 0 Å². The minimum atomic E-state index is -0.0144. The molecular formula is C23H39N5O. The van der Waals surface area contributed by atoms with Crippen molar-refractivity contribution in [3.63, 3.8) is 0 Å². The maximum Gasteiger partial charge on any atom is 0.251 e. The number of nitrogens with one attached hydrogen (secondary N) is 3. The van der Waals surface area contributed by atoms with E-state index in [-0.39, 0.29) is 11.9 Å². The number of guanidine groups is 1. The Labute approximate surface area is 176 Å². The van der Waals surface area contributed by atoms with E-state index < -0.39 is 0 Å². The van der Waals surface area contributed by atoms with Crippen LogP contribution in [0, 0.1) is 0 Å². The van der Waals surface area contributed by atoms with Gasteiger partial charge < -0.3 is 16.0 Å². The van der Waals surface area contributed by atoms with Crippen LogP contribution in [0.1, 0.15) is 68.8 Å². The van der Waals surface area contributed by atoms with Gasteiger partial charge in [-0.2, -0.15) is 0 Å². The highest BCUT2D eigenvalue weighted by Crippen LogP contribution is 2.18. The summed E-state index contributed by atoms with van der Waals surface area (Å²) in [4.78, 5) is 19.1. The van der Waals surface area contributed by atoms with Gasteiger partial charge in [0.2, 0.25) is 0 Å². The van der Waals surface area contributed by atoms with Crippen LogP contribution < -0.4 is 16.0 Å². The lowest BCUT2D eigenvalue weighted by Gasteiger charge is -2.35. The number of aliphatic imine (C=N–C) groups is 1. The summed E-state index contributed by atoms with van der Waals surface area (Å²) in [6.07, 6.45) is 6.17.